The molecule has 2 fully saturated rings. The summed E-state index contributed by atoms with van der Waals surface area (Å²) < 4.78 is 55.0. The quantitative estimate of drug-likeness (QED) is 0.653. The van der Waals surface area contributed by atoms with E-state index in [1.807, 2.05) is 0 Å². The van der Waals surface area contributed by atoms with E-state index in [2.05, 4.69) is 5.32 Å². The Kier molecular flexibility index (Phi) is 5.83. The van der Waals surface area contributed by atoms with E-state index in [4.69, 9.17) is 0 Å². The second-order valence-electron chi connectivity index (χ2n) is 8.38. The molecule has 2 amide bonds. The number of nitrogens with zero attached hydrogens (tertiary/aromatic N) is 1. The summed E-state index contributed by atoms with van der Waals surface area (Å²) in [4.78, 5) is 25.0. The highest BCUT2D eigenvalue weighted by Gasteiger charge is 2.46. The monoisotopic (exact) mass is 450 g/mol. The van der Waals surface area contributed by atoms with E-state index < -0.39 is 67.3 Å². The number of hydrogen-bond acceptors (Lipinski definition) is 2. The fourth-order valence-corrected chi connectivity index (χ4v) is 4.42. The second kappa shape index (κ2) is 8.44. The maximum absolute atomic E-state index is 14.8. The van der Waals surface area contributed by atoms with Gasteiger partial charge in [-0.2, -0.15) is 0 Å². The Labute approximate surface area is 182 Å². The van der Waals surface area contributed by atoms with Crippen LogP contribution in [0.2, 0.25) is 0 Å². The van der Waals surface area contributed by atoms with Gasteiger partial charge in [-0.3, -0.25) is 9.69 Å². The molecule has 32 heavy (non-hydrogen) atoms. The van der Waals surface area contributed by atoms with Crippen LogP contribution < -0.4 is 5.32 Å². The van der Waals surface area contributed by atoms with Crippen LogP contribution in [0.5, 0.6) is 0 Å². The van der Waals surface area contributed by atoms with Crippen molar-refractivity contribution in [3.63, 3.8) is 0 Å². The van der Waals surface area contributed by atoms with Crippen molar-refractivity contribution in [3.05, 3.63) is 71.0 Å². The zero-order valence-electron chi connectivity index (χ0n) is 17.0. The Hall–Kier alpha value is -3.10. The number of likely N-dealkylation sites (tertiary alicyclic amines) is 1. The van der Waals surface area contributed by atoms with Crippen LogP contribution in [0.15, 0.2) is 48.5 Å². The standard InChI is InChI=1S/C23H22F4N2O3/c24-16-9-19(29(12-16)22(31)32)21(30)28-20(13-4-2-1-3-5-13)14-6-7-17(18(25)8-14)15-10-23(26,27)11-15/h1-8,15-16,19-20H,9-12H2,(H,28,30)(H,31,32)/t16?,19?,20-/m0/s1. The average Bonchev–Trinajstić information content (AvgIpc) is 3.13. The van der Waals surface area contributed by atoms with E-state index in [1.165, 1.54) is 12.1 Å². The molecule has 0 bridgehead atoms. The summed E-state index contributed by atoms with van der Waals surface area (Å²) in [6.07, 6.45) is -3.91. The average molecular weight is 450 g/mol. The normalized spacial score (nSPS) is 23.4. The van der Waals surface area contributed by atoms with Crippen LogP contribution in [0, 0.1) is 5.82 Å². The zero-order chi connectivity index (χ0) is 23.0. The van der Waals surface area contributed by atoms with E-state index in [0.717, 1.165) is 4.90 Å². The number of hydrogen-bond donors (Lipinski definition) is 2. The summed E-state index contributed by atoms with van der Waals surface area (Å²) >= 11 is 0. The number of nitrogens with one attached hydrogen (secondary N) is 1. The summed E-state index contributed by atoms with van der Waals surface area (Å²) in [7, 11) is 0. The number of carbonyl (C=O) groups is 2. The largest absolute Gasteiger partial charge is 0.465 e. The van der Waals surface area contributed by atoms with Gasteiger partial charge in [-0.15, -0.1) is 0 Å². The Morgan fingerprint density at radius 3 is 2.38 bits per heavy atom. The molecule has 4 rings (SSSR count). The van der Waals surface area contributed by atoms with E-state index >= 15 is 0 Å². The van der Waals surface area contributed by atoms with Crippen LogP contribution in [0.4, 0.5) is 22.4 Å². The molecule has 2 aromatic rings. The molecule has 0 aromatic heterocycles. The fraction of sp³-hybridized carbons (Fsp3) is 0.391. The van der Waals surface area contributed by atoms with Gasteiger partial charge in [0.1, 0.15) is 18.0 Å². The van der Waals surface area contributed by atoms with Crippen molar-refractivity contribution >= 4 is 12.0 Å². The van der Waals surface area contributed by atoms with Crippen LogP contribution in [-0.2, 0) is 4.79 Å². The molecule has 1 aliphatic carbocycles. The van der Waals surface area contributed by atoms with Gasteiger partial charge >= 0.3 is 6.09 Å². The first-order valence-electron chi connectivity index (χ1n) is 10.3. The van der Waals surface area contributed by atoms with Crippen LogP contribution in [0.25, 0.3) is 0 Å². The molecular weight excluding hydrogens is 428 g/mol. The van der Waals surface area contributed by atoms with Gasteiger partial charge in [0.05, 0.1) is 12.6 Å². The van der Waals surface area contributed by atoms with Crippen LogP contribution in [0.1, 0.15) is 47.9 Å². The van der Waals surface area contributed by atoms with Crippen molar-refractivity contribution < 1.29 is 32.3 Å². The number of halogens is 4. The van der Waals surface area contributed by atoms with Crippen LogP contribution in [-0.4, -0.2) is 46.7 Å². The molecule has 2 aliphatic rings. The Morgan fingerprint density at radius 1 is 1.09 bits per heavy atom. The SMILES string of the molecule is O=C(N[C@@H](c1ccccc1)c1ccc(C2CC(F)(F)C2)c(F)c1)C1CC(F)CN1C(=O)O. The lowest BCUT2D eigenvalue weighted by Gasteiger charge is -2.35. The molecule has 3 atom stereocenters. The zero-order valence-corrected chi connectivity index (χ0v) is 17.0. The van der Waals surface area contributed by atoms with Gasteiger partial charge in [0.2, 0.25) is 11.8 Å². The van der Waals surface area contributed by atoms with E-state index in [1.54, 1.807) is 36.4 Å². The van der Waals surface area contributed by atoms with E-state index in [0.29, 0.717) is 11.1 Å². The molecule has 0 spiro atoms. The number of alkyl halides is 3. The first-order chi connectivity index (χ1) is 15.1. The minimum atomic E-state index is -2.78. The van der Waals surface area contributed by atoms with Gasteiger partial charge < -0.3 is 10.4 Å². The number of rotatable bonds is 5. The molecule has 0 radical (unpaired) electrons. The van der Waals surface area contributed by atoms with Crippen molar-refractivity contribution in [1.29, 1.82) is 0 Å². The van der Waals surface area contributed by atoms with Gasteiger partial charge in [0.15, 0.2) is 0 Å². The van der Waals surface area contributed by atoms with Crippen LogP contribution >= 0.6 is 0 Å². The molecular formula is C23H22F4N2O3. The molecule has 5 nitrogen and oxygen atoms in total. The van der Waals surface area contributed by atoms with Gasteiger partial charge in [-0.25, -0.2) is 22.4 Å². The minimum Gasteiger partial charge on any atom is -0.465 e. The highest BCUT2D eigenvalue weighted by Crippen LogP contribution is 2.49. The number of carboxylic acid groups (broad SMARTS) is 1. The minimum absolute atomic E-state index is 0.200. The summed E-state index contributed by atoms with van der Waals surface area (Å²) in [5.74, 6) is -4.67. The summed E-state index contributed by atoms with van der Waals surface area (Å²) in [5.41, 5.74) is 1.18. The lowest BCUT2D eigenvalue weighted by molar-refractivity contribution is -0.125. The molecule has 1 aliphatic heterocycles. The van der Waals surface area contributed by atoms with Gasteiger partial charge in [-0.1, -0.05) is 42.5 Å². The Balaban J connectivity index is 1.60. The van der Waals surface area contributed by atoms with Gasteiger partial charge in [0, 0.05) is 19.3 Å². The molecule has 2 unspecified atom stereocenters. The molecule has 170 valence electrons. The molecule has 1 saturated heterocycles. The summed E-state index contributed by atoms with van der Waals surface area (Å²) in [6, 6.07) is 10.8. The third-order valence-electron chi connectivity index (χ3n) is 6.11. The molecule has 2 N–H and O–H groups in total. The summed E-state index contributed by atoms with van der Waals surface area (Å²) in [6.45, 7) is -0.390. The number of carbonyl (C=O) groups excluding carboxylic acids is 1. The smallest absolute Gasteiger partial charge is 0.408 e. The van der Waals surface area contributed by atoms with Gasteiger partial charge in [0.25, 0.3) is 0 Å². The highest BCUT2D eigenvalue weighted by molar-refractivity contribution is 5.86. The lowest BCUT2D eigenvalue weighted by atomic mass is 9.76. The van der Waals surface area contributed by atoms with E-state index in [-0.39, 0.29) is 12.0 Å². The molecule has 1 heterocycles. The second-order valence-corrected chi connectivity index (χ2v) is 8.38. The summed E-state index contributed by atoms with van der Waals surface area (Å²) in [5, 5.41) is 12.0. The van der Waals surface area contributed by atoms with Gasteiger partial charge in [-0.05, 0) is 28.7 Å². The predicted molar refractivity (Wildman–Crippen MR) is 108 cm³/mol. The van der Waals surface area contributed by atoms with Crippen LogP contribution in [0.3, 0.4) is 0 Å². The fourth-order valence-electron chi connectivity index (χ4n) is 4.42. The first kappa shape index (κ1) is 22.1. The molecule has 1 saturated carbocycles. The molecule has 9 heteroatoms. The van der Waals surface area contributed by atoms with Crippen molar-refractivity contribution in [2.24, 2.45) is 0 Å². The highest BCUT2D eigenvalue weighted by atomic mass is 19.3. The maximum Gasteiger partial charge on any atom is 0.408 e. The predicted octanol–water partition coefficient (Wildman–Crippen LogP) is 4.63. The molecule has 2 aromatic carbocycles. The van der Waals surface area contributed by atoms with Crippen molar-refractivity contribution in [1.82, 2.24) is 10.2 Å². The van der Waals surface area contributed by atoms with Crippen molar-refractivity contribution in [2.45, 2.75) is 49.4 Å². The Morgan fingerprint density at radius 2 is 1.78 bits per heavy atom. The van der Waals surface area contributed by atoms with Crippen molar-refractivity contribution in [2.75, 3.05) is 6.54 Å². The lowest BCUT2D eigenvalue weighted by Crippen LogP contribution is -2.46. The topological polar surface area (TPSA) is 69.6 Å². The van der Waals surface area contributed by atoms with E-state index in [9.17, 15) is 32.3 Å². The third kappa shape index (κ3) is 4.42. The third-order valence-corrected chi connectivity index (χ3v) is 6.11. The number of amides is 2. The first-order valence-corrected chi connectivity index (χ1v) is 10.3. The Bertz CT molecular complexity index is 1010. The number of benzene rings is 2. The van der Waals surface area contributed by atoms with Crippen molar-refractivity contribution in [3.8, 4) is 0 Å². The maximum atomic E-state index is 14.8.